The number of carbonyl (C=O) groups is 1. The molecule has 98 valence electrons. The molecule has 2 fully saturated rings. The fourth-order valence-electron chi connectivity index (χ4n) is 2.48. The SMILES string of the molecule is C[C@@H](Cl)C(=O)N1CCN(C[C@H]2CCCO2)CC1. The summed E-state index contributed by atoms with van der Waals surface area (Å²) in [7, 11) is 0. The molecule has 2 rings (SSSR count). The molecule has 0 radical (unpaired) electrons. The second kappa shape index (κ2) is 6.03. The Morgan fingerprint density at radius 1 is 1.41 bits per heavy atom. The van der Waals surface area contributed by atoms with Gasteiger partial charge in [-0.25, -0.2) is 0 Å². The zero-order valence-corrected chi connectivity index (χ0v) is 11.2. The number of piperazine rings is 1. The van der Waals surface area contributed by atoms with Crippen molar-refractivity contribution in [2.75, 3.05) is 39.3 Å². The molecule has 5 heteroatoms. The van der Waals surface area contributed by atoms with Crippen LogP contribution < -0.4 is 0 Å². The van der Waals surface area contributed by atoms with Gasteiger partial charge in [-0.1, -0.05) is 0 Å². The van der Waals surface area contributed by atoms with E-state index in [1.165, 1.54) is 12.8 Å². The van der Waals surface area contributed by atoms with Crippen LogP contribution >= 0.6 is 11.6 Å². The molecule has 0 bridgehead atoms. The van der Waals surface area contributed by atoms with E-state index < -0.39 is 5.38 Å². The van der Waals surface area contributed by atoms with E-state index in [0.29, 0.717) is 6.10 Å². The van der Waals surface area contributed by atoms with Crippen LogP contribution in [0, 0.1) is 0 Å². The summed E-state index contributed by atoms with van der Waals surface area (Å²) in [6.07, 6.45) is 2.77. The van der Waals surface area contributed by atoms with Crippen molar-refractivity contribution in [2.24, 2.45) is 0 Å². The number of halogens is 1. The van der Waals surface area contributed by atoms with Crippen LogP contribution in [0.5, 0.6) is 0 Å². The summed E-state index contributed by atoms with van der Waals surface area (Å²) in [5.41, 5.74) is 0. The highest BCUT2D eigenvalue weighted by atomic mass is 35.5. The number of alkyl halides is 1. The third-order valence-electron chi connectivity index (χ3n) is 3.51. The summed E-state index contributed by atoms with van der Waals surface area (Å²) in [6, 6.07) is 0. The van der Waals surface area contributed by atoms with Gasteiger partial charge in [0.05, 0.1) is 6.10 Å². The van der Waals surface area contributed by atoms with Gasteiger partial charge in [0.25, 0.3) is 0 Å². The van der Waals surface area contributed by atoms with Gasteiger partial charge in [-0.3, -0.25) is 9.69 Å². The second-order valence-electron chi connectivity index (χ2n) is 4.88. The number of rotatable bonds is 3. The quantitative estimate of drug-likeness (QED) is 0.708. The van der Waals surface area contributed by atoms with Crippen molar-refractivity contribution >= 4 is 17.5 Å². The van der Waals surface area contributed by atoms with Gasteiger partial charge in [-0.2, -0.15) is 0 Å². The van der Waals surface area contributed by atoms with Crippen molar-refractivity contribution in [1.82, 2.24) is 9.80 Å². The minimum Gasteiger partial charge on any atom is -0.377 e. The molecule has 0 saturated carbocycles. The maximum Gasteiger partial charge on any atom is 0.240 e. The van der Waals surface area contributed by atoms with E-state index >= 15 is 0 Å². The molecule has 2 aliphatic heterocycles. The van der Waals surface area contributed by atoms with Crippen molar-refractivity contribution in [3.63, 3.8) is 0 Å². The van der Waals surface area contributed by atoms with Crippen LogP contribution in [0.3, 0.4) is 0 Å². The van der Waals surface area contributed by atoms with Gasteiger partial charge in [0, 0.05) is 39.3 Å². The van der Waals surface area contributed by atoms with Crippen LogP contribution in [0.2, 0.25) is 0 Å². The third-order valence-corrected chi connectivity index (χ3v) is 3.70. The Balaban J connectivity index is 1.72. The molecule has 0 aliphatic carbocycles. The molecule has 2 atom stereocenters. The fraction of sp³-hybridized carbons (Fsp3) is 0.917. The van der Waals surface area contributed by atoms with Gasteiger partial charge in [-0.15, -0.1) is 11.6 Å². The number of carbonyl (C=O) groups excluding carboxylic acids is 1. The smallest absolute Gasteiger partial charge is 0.240 e. The van der Waals surface area contributed by atoms with E-state index in [9.17, 15) is 4.79 Å². The highest BCUT2D eigenvalue weighted by molar-refractivity contribution is 6.30. The van der Waals surface area contributed by atoms with Crippen LogP contribution in [0.4, 0.5) is 0 Å². The Hall–Kier alpha value is -0.320. The normalized spacial score (nSPS) is 28.4. The molecular formula is C12H21ClN2O2. The molecule has 2 saturated heterocycles. The van der Waals surface area contributed by atoms with Gasteiger partial charge in [-0.05, 0) is 19.8 Å². The van der Waals surface area contributed by atoms with E-state index in [-0.39, 0.29) is 5.91 Å². The Labute approximate surface area is 108 Å². The van der Waals surface area contributed by atoms with Crippen LogP contribution in [0.15, 0.2) is 0 Å². The molecule has 1 amide bonds. The predicted molar refractivity (Wildman–Crippen MR) is 67.3 cm³/mol. The number of hydrogen-bond acceptors (Lipinski definition) is 3. The summed E-state index contributed by atoms with van der Waals surface area (Å²) < 4.78 is 5.62. The first-order valence-electron chi connectivity index (χ1n) is 6.43. The van der Waals surface area contributed by atoms with E-state index in [0.717, 1.165) is 39.3 Å². The van der Waals surface area contributed by atoms with Gasteiger partial charge in [0.1, 0.15) is 5.38 Å². The Morgan fingerprint density at radius 3 is 2.65 bits per heavy atom. The number of amides is 1. The summed E-state index contributed by atoms with van der Waals surface area (Å²) in [5, 5.41) is -0.403. The lowest BCUT2D eigenvalue weighted by Gasteiger charge is -2.36. The molecule has 0 aromatic rings. The number of hydrogen-bond donors (Lipinski definition) is 0. The molecule has 0 aromatic carbocycles. The van der Waals surface area contributed by atoms with Gasteiger partial charge in [0.2, 0.25) is 5.91 Å². The Morgan fingerprint density at radius 2 is 2.12 bits per heavy atom. The van der Waals surface area contributed by atoms with Gasteiger partial charge < -0.3 is 9.64 Å². The zero-order valence-electron chi connectivity index (χ0n) is 10.4. The van der Waals surface area contributed by atoms with E-state index in [1.807, 2.05) is 4.90 Å². The van der Waals surface area contributed by atoms with Crippen LogP contribution in [-0.4, -0.2) is 66.5 Å². The molecule has 0 N–H and O–H groups in total. The summed E-state index contributed by atoms with van der Waals surface area (Å²) in [4.78, 5) is 16.0. The standard InChI is InChI=1S/C12H21ClN2O2/c1-10(13)12(16)15-6-4-14(5-7-15)9-11-3-2-8-17-11/h10-11H,2-9H2,1H3/t10-,11-/m1/s1. The van der Waals surface area contributed by atoms with Crippen LogP contribution in [0.25, 0.3) is 0 Å². The highest BCUT2D eigenvalue weighted by Crippen LogP contribution is 2.15. The zero-order chi connectivity index (χ0) is 12.3. The van der Waals surface area contributed by atoms with E-state index in [2.05, 4.69) is 4.90 Å². The molecule has 2 heterocycles. The van der Waals surface area contributed by atoms with Crippen LogP contribution in [0.1, 0.15) is 19.8 Å². The third kappa shape index (κ3) is 3.57. The monoisotopic (exact) mass is 260 g/mol. The average molecular weight is 261 g/mol. The molecule has 17 heavy (non-hydrogen) atoms. The molecular weight excluding hydrogens is 240 g/mol. The molecule has 0 spiro atoms. The maximum atomic E-state index is 11.7. The highest BCUT2D eigenvalue weighted by Gasteiger charge is 2.26. The number of nitrogens with zero attached hydrogens (tertiary/aromatic N) is 2. The van der Waals surface area contributed by atoms with Crippen molar-refractivity contribution in [3.8, 4) is 0 Å². The molecule has 2 aliphatic rings. The van der Waals surface area contributed by atoms with Crippen molar-refractivity contribution in [3.05, 3.63) is 0 Å². The van der Waals surface area contributed by atoms with Crippen LogP contribution in [-0.2, 0) is 9.53 Å². The largest absolute Gasteiger partial charge is 0.377 e. The first kappa shape index (κ1) is 13.1. The van der Waals surface area contributed by atoms with Crippen molar-refractivity contribution < 1.29 is 9.53 Å². The summed E-state index contributed by atoms with van der Waals surface area (Å²) in [6.45, 7) is 7.13. The average Bonchev–Trinajstić information content (AvgIpc) is 2.82. The minimum absolute atomic E-state index is 0.0587. The lowest BCUT2D eigenvalue weighted by atomic mass is 10.2. The topological polar surface area (TPSA) is 32.8 Å². The second-order valence-corrected chi connectivity index (χ2v) is 5.53. The number of ether oxygens (including phenoxy) is 1. The lowest BCUT2D eigenvalue weighted by molar-refractivity contribution is -0.132. The Bertz CT molecular complexity index is 259. The maximum absolute atomic E-state index is 11.7. The summed E-state index contributed by atoms with van der Waals surface area (Å²) >= 11 is 5.81. The predicted octanol–water partition coefficient (Wildman–Crippen LogP) is 0.937. The van der Waals surface area contributed by atoms with Crippen molar-refractivity contribution in [2.45, 2.75) is 31.2 Å². The van der Waals surface area contributed by atoms with Gasteiger partial charge in [0.15, 0.2) is 0 Å². The van der Waals surface area contributed by atoms with E-state index in [1.54, 1.807) is 6.92 Å². The lowest BCUT2D eigenvalue weighted by Crippen LogP contribution is -2.51. The first-order valence-corrected chi connectivity index (χ1v) is 6.87. The van der Waals surface area contributed by atoms with Gasteiger partial charge >= 0.3 is 0 Å². The molecule has 0 aromatic heterocycles. The molecule has 0 unspecified atom stereocenters. The fourth-order valence-corrected chi connectivity index (χ4v) is 2.62. The van der Waals surface area contributed by atoms with Crippen molar-refractivity contribution in [1.29, 1.82) is 0 Å². The van der Waals surface area contributed by atoms with E-state index in [4.69, 9.17) is 16.3 Å². The molecule has 4 nitrogen and oxygen atoms in total. The first-order chi connectivity index (χ1) is 8.16. The minimum atomic E-state index is -0.403. The summed E-state index contributed by atoms with van der Waals surface area (Å²) in [5.74, 6) is 0.0587. The Kier molecular flexibility index (Phi) is 4.65.